The van der Waals surface area contributed by atoms with Crippen molar-refractivity contribution in [3.8, 4) is 0 Å². The first-order valence-electron chi connectivity index (χ1n) is 6.36. The first-order valence-corrected chi connectivity index (χ1v) is 8.08. The van der Waals surface area contributed by atoms with Crippen LogP contribution < -0.4 is 5.14 Å². The second-order valence-electron chi connectivity index (χ2n) is 4.73. The zero-order valence-corrected chi connectivity index (χ0v) is 12.2. The summed E-state index contributed by atoms with van der Waals surface area (Å²) >= 11 is 0. The van der Waals surface area contributed by atoms with Crippen LogP contribution in [-0.4, -0.2) is 60.6 Å². The third-order valence-corrected chi connectivity index (χ3v) is 3.79. The monoisotopic (exact) mass is 319 g/mol. The van der Waals surface area contributed by atoms with Gasteiger partial charge in [0.05, 0.1) is 13.2 Å². The van der Waals surface area contributed by atoms with E-state index in [1.54, 1.807) is 0 Å². The highest BCUT2D eigenvalue weighted by molar-refractivity contribution is 7.88. The van der Waals surface area contributed by atoms with Crippen LogP contribution in [0.3, 0.4) is 0 Å². The van der Waals surface area contributed by atoms with Crippen molar-refractivity contribution in [3.05, 3.63) is 22.1 Å². The summed E-state index contributed by atoms with van der Waals surface area (Å²) in [6.07, 6.45) is 1.24. The largest absolute Gasteiger partial charge is 0.381 e. The van der Waals surface area contributed by atoms with Gasteiger partial charge in [-0.3, -0.25) is 4.90 Å². The molecule has 1 aromatic heterocycles. The van der Waals surface area contributed by atoms with Crippen molar-refractivity contribution in [3.63, 3.8) is 0 Å². The maximum Gasteiger partial charge on any atom is 0.381 e. The number of hydrogen-bond donors (Lipinski definition) is 1. The Bertz CT molecular complexity index is 607. The highest BCUT2D eigenvalue weighted by Gasteiger charge is 2.23. The van der Waals surface area contributed by atoms with E-state index in [1.165, 1.54) is 10.8 Å². The number of primary sulfonamides is 1. The molecule has 1 fully saturated rings. The number of rotatable bonds is 6. The predicted octanol–water partition coefficient (Wildman–Crippen LogP) is -1.09. The minimum absolute atomic E-state index is 0.0810. The van der Waals surface area contributed by atoms with Gasteiger partial charge in [-0.05, 0) is 9.91 Å². The van der Waals surface area contributed by atoms with Crippen molar-refractivity contribution in [2.24, 2.45) is 5.14 Å². The van der Waals surface area contributed by atoms with Gasteiger partial charge in [-0.15, -0.1) is 0 Å². The van der Waals surface area contributed by atoms with Gasteiger partial charge in [0, 0.05) is 26.2 Å². The molecule has 0 saturated carbocycles. The molecule has 1 aliphatic rings. The van der Waals surface area contributed by atoms with Gasteiger partial charge in [-0.1, -0.05) is 0 Å². The standard InChI is InChI=1S/C10H17N5O5S/c11-21(18,19)8-10-12-9(15(16)17)7-14(10)2-1-13-3-5-20-6-4-13/h7H,1-6,8H2,(H2,11,18,19). The number of nitro groups is 1. The molecule has 0 spiro atoms. The lowest BCUT2D eigenvalue weighted by molar-refractivity contribution is -0.389. The Balaban J connectivity index is 2.10. The smallest absolute Gasteiger partial charge is 0.379 e. The number of sulfonamides is 1. The number of nitrogens with zero attached hydrogens (tertiary/aromatic N) is 4. The predicted molar refractivity (Wildman–Crippen MR) is 73.0 cm³/mol. The molecule has 11 heteroatoms. The summed E-state index contributed by atoms with van der Waals surface area (Å²) in [7, 11) is -3.79. The maximum absolute atomic E-state index is 11.2. The second kappa shape index (κ2) is 6.47. The van der Waals surface area contributed by atoms with Crippen molar-refractivity contribution in [2.45, 2.75) is 12.3 Å². The fraction of sp³-hybridized carbons (Fsp3) is 0.700. The minimum Gasteiger partial charge on any atom is -0.379 e. The molecule has 0 aromatic carbocycles. The molecule has 21 heavy (non-hydrogen) atoms. The van der Waals surface area contributed by atoms with Crippen LogP contribution in [-0.2, 0) is 27.1 Å². The first-order chi connectivity index (χ1) is 9.85. The molecular formula is C10H17N5O5S. The summed E-state index contributed by atoms with van der Waals surface area (Å²) in [6, 6.07) is 0. The van der Waals surface area contributed by atoms with Crippen LogP contribution in [0.1, 0.15) is 5.82 Å². The molecule has 0 atom stereocenters. The van der Waals surface area contributed by atoms with E-state index in [9.17, 15) is 18.5 Å². The van der Waals surface area contributed by atoms with Crippen LogP contribution in [0.5, 0.6) is 0 Å². The van der Waals surface area contributed by atoms with Crippen LogP contribution in [0, 0.1) is 10.1 Å². The van der Waals surface area contributed by atoms with Crippen molar-refractivity contribution < 1.29 is 18.1 Å². The Hall–Kier alpha value is -1.56. The van der Waals surface area contributed by atoms with E-state index in [0.717, 1.165) is 13.1 Å². The molecule has 1 aromatic rings. The van der Waals surface area contributed by atoms with E-state index in [0.29, 0.717) is 26.3 Å². The van der Waals surface area contributed by atoms with Gasteiger partial charge in [-0.25, -0.2) is 13.6 Å². The van der Waals surface area contributed by atoms with Gasteiger partial charge >= 0.3 is 5.82 Å². The summed E-state index contributed by atoms with van der Waals surface area (Å²) in [5.74, 6) is -0.822. The van der Waals surface area contributed by atoms with Crippen molar-refractivity contribution in [1.29, 1.82) is 0 Å². The van der Waals surface area contributed by atoms with Gasteiger partial charge in [0.2, 0.25) is 15.8 Å². The molecular weight excluding hydrogens is 302 g/mol. The topological polar surface area (TPSA) is 134 Å². The molecule has 2 heterocycles. The van der Waals surface area contributed by atoms with Crippen LogP contribution in [0.25, 0.3) is 0 Å². The number of imidazole rings is 1. The third kappa shape index (κ3) is 4.74. The van der Waals surface area contributed by atoms with E-state index in [4.69, 9.17) is 9.88 Å². The van der Waals surface area contributed by atoms with Gasteiger partial charge < -0.3 is 19.4 Å². The van der Waals surface area contributed by atoms with Crippen LogP contribution >= 0.6 is 0 Å². The summed E-state index contributed by atoms with van der Waals surface area (Å²) in [6.45, 7) is 3.89. The highest BCUT2D eigenvalue weighted by atomic mass is 32.2. The third-order valence-electron chi connectivity index (χ3n) is 3.12. The average molecular weight is 319 g/mol. The molecule has 10 nitrogen and oxygen atoms in total. The fourth-order valence-electron chi connectivity index (χ4n) is 2.09. The Labute approximate surface area is 121 Å². The molecule has 0 radical (unpaired) electrons. The van der Waals surface area contributed by atoms with E-state index in [2.05, 4.69) is 9.88 Å². The summed E-state index contributed by atoms with van der Waals surface area (Å²) < 4.78 is 29.0. The molecule has 0 bridgehead atoms. The molecule has 0 aliphatic carbocycles. The van der Waals surface area contributed by atoms with Crippen molar-refractivity contribution in [2.75, 3.05) is 32.8 Å². The van der Waals surface area contributed by atoms with Gasteiger partial charge in [0.25, 0.3) is 0 Å². The Kier molecular flexibility index (Phi) is 4.88. The average Bonchev–Trinajstić information content (AvgIpc) is 2.79. The van der Waals surface area contributed by atoms with Crippen molar-refractivity contribution in [1.82, 2.24) is 14.5 Å². The summed E-state index contributed by atoms with van der Waals surface area (Å²) in [5, 5.41) is 15.7. The van der Waals surface area contributed by atoms with E-state index >= 15 is 0 Å². The van der Waals surface area contributed by atoms with Crippen molar-refractivity contribution >= 4 is 15.8 Å². The number of nitrogens with two attached hydrogens (primary N) is 1. The van der Waals surface area contributed by atoms with E-state index in [-0.39, 0.29) is 11.6 Å². The zero-order chi connectivity index (χ0) is 15.5. The van der Waals surface area contributed by atoms with E-state index < -0.39 is 20.7 Å². The lowest BCUT2D eigenvalue weighted by atomic mass is 10.4. The number of aromatic nitrogens is 2. The van der Waals surface area contributed by atoms with Gasteiger partial charge in [-0.2, -0.15) is 0 Å². The van der Waals surface area contributed by atoms with Gasteiger partial charge in [0.15, 0.2) is 0 Å². The normalized spacial score (nSPS) is 17.0. The summed E-state index contributed by atoms with van der Waals surface area (Å²) in [4.78, 5) is 16.0. The number of morpholine rings is 1. The van der Waals surface area contributed by atoms with Crippen LogP contribution in [0.15, 0.2) is 6.20 Å². The van der Waals surface area contributed by atoms with Crippen LogP contribution in [0.2, 0.25) is 0 Å². The lowest BCUT2D eigenvalue weighted by Crippen LogP contribution is -2.38. The highest BCUT2D eigenvalue weighted by Crippen LogP contribution is 2.13. The number of hydrogen-bond acceptors (Lipinski definition) is 7. The zero-order valence-electron chi connectivity index (χ0n) is 11.3. The van der Waals surface area contributed by atoms with Gasteiger partial charge in [0.1, 0.15) is 11.9 Å². The quantitative estimate of drug-likeness (QED) is 0.520. The lowest BCUT2D eigenvalue weighted by Gasteiger charge is -2.26. The fourth-order valence-corrected chi connectivity index (χ4v) is 2.68. The molecule has 0 unspecified atom stereocenters. The SMILES string of the molecule is NS(=O)(=O)Cc1nc([N+](=O)[O-])cn1CCN1CCOCC1. The van der Waals surface area contributed by atoms with E-state index in [1.807, 2.05) is 0 Å². The maximum atomic E-state index is 11.2. The Morgan fingerprint density at radius 1 is 1.38 bits per heavy atom. The van der Waals surface area contributed by atoms with Crippen LogP contribution in [0.4, 0.5) is 5.82 Å². The number of ether oxygens (including phenoxy) is 1. The molecule has 2 rings (SSSR count). The molecule has 1 aliphatic heterocycles. The molecule has 2 N–H and O–H groups in total. The summed E-state index contributed by atoms with van der Waals surface area (Å²) in [5.41, 5.74) is 0. The molecule has 0 amide bonds. The Morgan fingerprint density at radius 2 is 2.05 bits per heavy atom. The molecule has 1 saturated heterocycles. The molecule has 118 valence electrons. The first kappa shape index (κ1) is 15.8. The second-order valence-corrected chi connectivity index (χ2v) is 6.34. The Morgan fingerprint density at radius 3 is 2.62 bits per heavy atom. The minimum atomic E-state index is -3.79.